The van der Waals surface area contributed by atoms with Crippen LogP contribution in [0.4, 0.5) is 5.69 Å². The molecule has 1 aromatic rings. The van der Waals surface area contributed by atoms with Gasteiger partial charge in [0.2, 0.25) is 5.91 Å². The van der Waals surface area contributed by atoms with Gasteiger partial charge in [0.1, 0.15) is 12.4 Å². The van der Waals surface area contributed by atoms with Crippen molar-refractivity contribution >= 4 is 17.4 Å². The van der Waals surface area contributed by atoms with Crippen LogP contribution in [0.15, 0.2) is 24.3 Å². The van der Waals surface area contributed by atoms with Crippen LogP contribution in [0, 0.1) is 5.41 Å². The molecule has 0 aliphatic rings. The molecule has 5 N–H and O–H groups in total. The molecule has 0 unspecified atom stereocenters. The van der Waals surface area contributed by atoms with Crippen LogP contribution in [0.25, 0.3) is 0 Å². The molecule has 14 heavy (non-hydrogen) atoms. The lowest BCUT2D eigenvalue weighted by Gasteiger charge is -2.03. The maximum atomic E-state index is 10.8. The fourth-order valence-corrected chi connectivity index (χ4v) is 0.934. The van der Waals surface area contributed by atoms with Crippen LogP contribution >= 0.6 is 0 Å². The molecule has 0 aromatic heterocycles. The number of amides is 1. The Kier molecular flexibility index (Phi) is 3.19. The first-order valence-corrected chi connectivity index (χ1v) is 3.98. The zero-order chi connectivity index (χ0) is 10.6. The molecule has 5 heteroatoms. The van der Waals surface area contributed by atoms with Gasteiger partial charge < -0.3 is 16.2 Å². The van der Waals surface area contributed by atoms with Crippen LogP contribution in [0.5, 0.6) is 0 Å². The minimum atomic E-state index is -0.547. The van der Waals surface area contributed by atoms with E-state index in [-0.39, 0.29) is 5.84 Å². The van der Waals surface area contributed by atoms with E-state index in [2.05, 4.69) is 5.32 Å². The molecular formula is C9H11N3O2. The molecule has 0 atom stereocenters. The number of amidine groups is 1. The van der Waals surface area contributed by atoms with E-state index in [1.165, 1.54) is 0 Å². The van der Waals surface area contributed by atoms with Crippen molar-refractivity contribution in [3.8, 4) is 0 Å². The lowest BCUT2D eigenvalue weighted by molar-refractivity contribution is -0.118. The first-order chi connectivity index (χ1) is 6.63. The van der Waals surface area contributed by atoms with E-state index in [1.807, 2.05) is 0 Å². The summed E-state index contributed by atoms with van der Waals surface area (Å²) in [5, 5.41) is 18.1. The minimum Gasteiger partial charge on any atom is -0.387 e. The number of hydrogen-bond acceptors (Lipinski definition) is 3. The number of benzene rings is 1. The summed E-state index contributed by atoms with van der Waals surface area (Å²) >= 11 is 0. The quantitative estimate of drug-likeness (QED) is 0.398. The van der Waals surface area contributed by atoms with Crippen molar-refractivity contribution in [1.29, 1.82) is 5.41 Å². The van der Waals surface area contributed by atoms with Gasteiger partial charge in [0, 0.05) is 11.3 Å². The van der Waals surface area contributed by atoms with Crippen LogP contribution in [0.1, 0.15) is 5.56 Å². The third-order valence-electron chi connectivity index (χ3n) is 1.62. The molecule has 0 saturated carbocycles. The molecule has 0 fully saturated rings. The summed E-state index contributed by atoms with van der Waals surface area (Å²) in [6.45, 7) is -0.547. The predicted molar refractivity (Wildman–Crippen MR) is 53.2 cm³/mol. The third-order valence-corrected chi connectivity index (χ3v) is 1.62. The molecular weight excluding hydrogens is 182 g/mol. The number of carbonyl (C=O) groups is 1. The highest BCUT2D eigenvalue weighted by molar-refractivity contribution is 5.96. The summed E-state index contributed by atoms with van der Waals surface area (Å²) in [5.74, 6) is -0.495. The highest BCUT2D eigenvalue weighted by Crippen LogP contribution is 2.08. The van der Waals surface area contributed by atoms with Gasteiger partial charge in [-0.1, -0.05) is 0 Å². The Morgan fingerprint density at radius 1 is 1.43 bits per heavy atom. The Bertz CT molecular complexity index is 346. The molecule has 5 nitrogen and oxygen atoms in total. The van der Waals surface area contributed by atoms with Gasteiger partial charge in [-0.25, -0.2) is 0 Å². The van der Waals surface area contributed by atoms with Crippen LogP contribution in [0.2, 0.25) is 0 Å². The molecule has 0 radical (unpaired) electrons. The fraction of sp³-hybridized carbons (Fsp3) is 0.111. The molecule has 1 aromatic carbocycles. The third kappa shape index (κ3) is 2.56. The first-order valence-electron chi connectivity index (χ1n) is 3.98. The highest BCUT2D eigenvalue weighted by Gasteiger charge is 2.00. The Hall–Kier alpha value is -1.88. The van der Waals surface area contributed by atoms with E-state index in [0.29, 0.717) is 11.3 Å². The smallest absolute Gasteiger partial charge is 0.250 e. The van der Waals surface area contributed by atoms with Crippen LogP contribution in [0.3, 0.4) is 0 Å². The summed E-state index contributed by atoms with van der Waals surface area (Å²) in [7, 11) is 0. The van der Waals surface area contributed by atoms with E-state index in [4.69, 9.17) is 16.2 Å². The van der Waals surface area contributed by atoms with Crippen LogP contribution in [-0.4, -0.2) is 23.5 Å². The minimum absolute atomic E-state index is 0.0231. The van der Waals surface area contributed by atoms with Crippen LogP contribution < -0.4 is 11.1 Å². The number of anilines is 1. The largest absolute Gasteiger partial charge is 0.387 e. The van der Waals surface area contributed by atoms with Crippen molar-refractivity contribution < 1.29 is 9.90 Å². The van der Waals surface area contributed by atoms with Crippen LogP contribution in [-0.2, 0) is 4.79 Å². The first kappa shape index (κ1) is 10.2. The Morgan fingerprint density at radius 2 is 2.00 bits per heavy atom. The molecule has 0 aliphatic carbocycles. The lowest BCUT2D eigenvalue weighted by atomic mass is 10.2. The van der Waals surface area contributed by atoms with Crippen molar-refractivity contribution in [2.75, 3.05) is 11.9 Å². The van der Waals surface area contributed by atoms with Gasteiger partial charge in [-0.15, -0.1) is 0 Å². The molecule has 0 aliphatic heterocycles. The molecule has 0 bridgehead atoms. The average molecular weight is 193 g/mol. The zero-order valence-electron chi connectivity index (χ0n) is 7.45. The normalized spacial score (nSPS) is 9.50. The summed E-state index contributed by atoms with van der Waals surface area (Å²) < 4.78 is 0. The maximum absolute atomic E-state index is 10.8. The second kappa shape index (κ2) is 4.38. The number of nitrogens with two attached hydrogens (primary N) is 1. The van der Waals surface area contributed by atoms with Crippen molar-refractivity contribution in [1.82, 2.24) is 0 Å². The van der Waals surface area contributed by atoms with Gasteiger partial charge in [-0.2, -0.15) is 0 Å². The van der Waals surface area contributed by atoms with Gasteiger partial charge in [-0.05, 0) is 24.3 Å². The Balaban J connectivity index is 2.73. The van der Waals surface area contributed by atoms with Gasteiger partial charge in [0.05, 0.1) is 0 Å². The predicted octanol–water partition coefficient (Wildman–Crippen LogP) is -0.0985. The maximum Gasteiger partial charge on any atom is 0.250 e. The molecule has 0 saturated heterocycles. The number of aliphatic hydroxyl groups excluding tert-OH is 1. The SMILES string of the molecule is N=C(N)c1ccc(NC(=O)CO)cc1. The topological polar surface area (TPSA) is 99.2 Å². The van der Waals surface area contributed by atoms with Gasteiger partial charge in [-0.3, -0.25) is 10.2 Å². The molecule has 0 heterocycles. The fourth-order valence-electron chi connectivity index (χ4n) is 0.934. The molecule has 0 spiro atoms. The van der Waals surface area contributed by atoms with E-state index in [1.54, 1.807) is 24.3 Å². The monoisotopic (exact) mass is 193 g/mol. The standard InChI is InChI=1S/C9H11N3O2/c10-9(11)6-1-3-7(4-2-6)12-8(14)5-13/h1-4,13H,5H2,(H3,10,11)(H,12,14). The average Bonchev–Trinajstić information content (AvgIpc) is 2.18. The van der Waals surface area contributed by atoms with Crippen molar-refractivity contribution in [3.63, 3.8) is 0 Å². The highest BCUT2D eigenvalue weighted by atomic mass is 16.3. The van der Waals surface area contributed by atoms with E-state index in [9.17, 15) is 4.79 Å². The molecule has 1 rings (SSSR count). The zero-order valence-corrected chi connectivity index (χ0v) is 7.45. The summed E-state index contributed by atoms with van der Waals surface area (Å²) in [6.07, 6.45) is 0. The number of nitrogens with one attached hydrogen (secondary N) is 2. The Labute approximate surface area is 81.1 Å². The second-order valence-corrected chi connectivity index (χ2v) is 2.70. The lowest BCUT2D eigenvalue weighted by Crippen LogP contribution is -2.16. The van der Waals surface area contributed by atoms with Gasteiger partial charge >= 0.3 is 0 Å². The Morgan fingerprint density at radius 3 is 2.43 bits per heavy atom. The van der Waals surface area contributed by atoms with E-state index < -0.39 is 12.5 Å². The van der Waals surface area contributed by atoms with Gasteiger partial charge in [0.15, 0.2) is 0 Å². The number of aliphatic hydroxyl groups is 1. The number of rotatable bonds is 3. The summed E-state index contributed by atoms with van der Waals surface area (Å²) in [5.41, 5.74) is 6.40. The van der Waals surface area contributed by atoms with Gasteiger partial charge in [0.25, 0.3) is 0 Å². The van der Waals surface area contributed by atoms with Crippen molar-refractivity contribution in [3.05, 3.63) is 29.8 Å². The molecule has 74 valence electrons. The number of carbonyl (C=O) groups excluding carboxylic acids is 1. The summed E-state index contributed by atoms with van der Waals surface area (Å²) in [6, 6.07) is 6.47. The van der Waals surface area contributed by atoms with E-state index in [0.717, 1.165) is 0 Å². The van der Waals surface area contributed by atoms with Crippen molar-refractivity contribution in [2.24, 2.45) is 5.73 Å². The van der Waals surface area contributed by atoms with Crippen molar-refractivity contribution in [2.45, 2.75) is 0 Å². The second-order valence-electron chi connectivity index (χ2n) is 2.70. The summed E-state index contributed by atoms with van der Waals surface area (Å²) in [4.78, 5) is 10.8. The number of nitrogen functional groups attached to an aromatic ring is 1. The number of hydrogen-bond donors (Lipinski definition) is 4. The van der Waals surface area contributed by atoms with E-state index >= 15 is 0 Å². The molecule has 1 amide bonds.